The number of rotatable bonds is 12. The molecule has 0 aliphatic rings. The van der Waals surface area contributed by atoms with Gasteiger partial charge in [0.05, 0.1) is 0 Å². The molecule has 0 unspecified atom stereocenters. The van der Waals surface area contributed by atoms with Crippen LogP contribution in [0, 0.1) is 5.92 Å². The van der Waals surface area contributed by atoms with Gasteiger partial charge in [-0.15, -0.1) is 0 Å². The summed E-state index contributed by atoms with van der Waals surface area (Å²) >= 11 is 6.45. The van der Waals surface area contributed by atoms with Crippen molar-refractivity contribution in [3.63, 3.8) is 0 Å². The molecular weight excluding hydrogens is 472 g/mol. The van der Waals surface area contributed by atoms with E-state index < -0.39 is 6.04 Å². The Morgan fingerprint density at radius 2 is 1.58 bits per heavy atom. The number of nitrogens with one attached hydrogen (secondary N) is 1. The molecule has 0 saturated carbocycles. The standard InChI is InChI=1S/C30H35ClN2O3/c1-4-23-14-16-26(17-15-23)36-21-29(34)33(20-25-12-8-9-13-27(25)31)28(30(35)32-19-22(2)3)18-24-10-6-5-7-11-24/h5-17,22,28H,4,18-21H2,1-3H3,(H,32,35)/t28-/m1/s1. The zero-order valence-corrected chi connectivity index (χ0v) is 22.0. The molecule has 3 aromatic rings. The lowest BCUT2D eigenvalue weighted by atomic mass is 10.0. The molecule has 0 fully saturated rings. The van der Waals surface area contributed by atoms with Gasteiger partial charge in [-0.1, -0.05) is 93.0 Å². The Bertz CT molecular complexity index is 1120. The van der Waals surface area contributed by atoms with Crippen molar-refractivity contribution in [2.45, 2.75) is 46.2 Å². The molecule has 1 N–H and O–H groups in total. The van der Waals surface area contributed by atoms with E-state index in [-0.39, 0.29) is 30.9 Å². The number of benzene rings is 3. The molecule has 3 aromatic carbocycles. The predicted octanol–water partition coefficient (Wildman–Crippen LogP) is 5.69. The lowest BCUT2D eigenvalue weighted by Gasteiger charge is -2.32. The van der Waals surface area contributed by atoms with Crippen molar-refractivity contribution in [3.05, 3.63) is 101 Å². The van der Waals surface area contributed by atoms with Gasteiger partial charge in [0.15, 0.2) is 6.61 Å². The van der Waals surface area contributed by atoms with Crippen LogP contribution in [0.15, 0.2) is 78.9 Å². The third-order valence-corrected chi connectivity index (χ3v) is 6.32. The number of hydrogen-bond acceptors (Lipinski definition) is 3. The lowest BCUT2D eigenvalue weighted by molar-refractivity contribution is -0.142. The number of ether oxygens (including phenoxy) is 1. The molecule has 190 valence electrons. The molecular formula is C30H35ClN2O3. The first-order valence-electron chi connectivity index (χ1n) is 12.4. The normalized spacial score (nSPS) is 11.7. The van der Waals surface area contributed by atoms with Gasteiger partial charge in [-0.05, 0) is 47.2 Å². The summed E-state index contributed by atoms with van der Waals surface area (Å²) in [6.45, 7) is 6.71. The van der Waals surface area contributed by atoms with Crippen LogP contribution in [0.3, 0.4) is 0 Å². The molecule has 5 nitrogen and oxygen atoms in total. The molecule has 0 aliphatic carbocycles. The molecule has 36 heavy (non-hydrogen) atoms. The molecule has 0 aliphatic heterocycles. The van der Waals surface area contributed by atoms with E-state index >= 15 is 0 Å². The van der Waals surface area contributed by atoms with Gasteiger partial charge in [0.2, 0.25) is 5.91 Å². The van der Waals surface area contributed by atoms with Crippen LogP contribution in [-0.2, 0) is 29.0 Å². The van der Waals surface area contributed by atoms with Gasteiger partial charge in [0.1, 0.15) is 11.8 Å². The topological polar surface area (TPSA) is 58.6 Å². The van der Waals surface area contributed by atoms with Crippen LogP contribution < -0.4 is 10.1 Å². The second-order valence-corrected chi connectivity index (χ2v) is 9.65. The van der Waals surface area contributed by atoms with E-state index in [1.165, 1.54) is 5.56 Å². The maximum atomic E-state index is 13.6. The summed E-state index contributed by atoms with van der Waals surface area (Å²) in [5.41, 5.74) is 2.93. The second-order valence-electron chi connectivity index (χ2n) is 9.24. The largest absolute Gasteiger partial charge is 0.484 e. The summed E-state index contributed by atoms with van der Waals surface area (Å²) in [5, 5.41) is 3.57. The van der Waals surface area contributed by atoms with Gasteiger partial charge in [0.25, 0.3) is 5.91 Å². The zero-order valence-electron chi connectivity index (χ0n) is 21.2. The lowest BCUT2D eigenvalue weighted by Crippen LogP contribution is -2.52. The van der Waals surface area contributed by atoms with Crippen LogP contribution in [0.4, 0.5) is 0 Å². The number of carbonyl (C=O) groups is 2. The van der Waals surface area contributed by atoms with Gasteiger partial charge in [-0.25, -0.2) is 0 Å². The van der Waals surface area contributed by atoms with E-state index in [9.17, 15) is 9.59 Å². The Morgan fingerprint density at radius 3 is 2.22 bits per heavy atom. The van der Waals surface area contributed by atoms with Gasteiger partial charge < -0.3 is 15.0 Å². The number of hydrogen-bond donors (Lipinski definition) is 1. The molecule has 0 spiro atoms. The molecule has 2 amide bonds. The van der Waals surface area contributed by atoms with Crippen molar-refractivity contribution < 1.29 is 14.3 Å². The predicted molar refractivity (Wildman–Crippen MR) is 145 cm³/mol. The summed E-state index contributed by atoms with van der Waals surface area (Å²) in [4.78, 5) is 28.6. The van der Waals surface area contributed by atoms with E-state index in [4.69, 9.17) is 16.3 Å². The SMILES string of the molecule is CCc1ccc(OCC(=O)N(Cc2ccccc2Cl)[C@H](Cc2ccccc2)C(=O)NCC(C)C)cc1. The van der Waals surface area contributed by atoms with Crippen LogP contribution >= 0.6 is 11.6 Å². The highest BCUT2D eigenvalue weighted by Gasteiger charge is 2.31. The Labute approximate surface area is 219 Å². The van der Waals surface area contributed by atoms with E-state index in [0.717, 1.165) is 17.5 Å². The Kier molecular flexibility index (Phi) is 10.4. The minimum atomic E-state index is -0.721. The Morgan fingerprint density at radius 1 is 0.917 bits per heavy atom. The smallest absolute Gasteiger partial charge is 0.261 e. The van der Waals surface area contributed by atoms with E-state index in [1.54, 1.807) is 11.0 Å². The fourth-order valence-electron chi connectivity index (χ4n) is 3.84. The number of nitrogens with zero attached hydrogens (tertiary/aromatic N) is 1. The van der Waals surface area contributed by atoms with Crippen molar-refractivity contribution in [3.8, 4) is 5.75 Å². The third kappa shape index (κ3) is 8.13. The highest BCUT2D eigenvalue weighted by molar-refractivity contribution is 6.31. The van der Waals surface area contributed by atoms with Crippen LogP contribution in [0.2, 0.25) is 5.02 Å². The van der Waals surface area contributed by atoms with Gasteiger partial charge >= 0.3 is 0 Å². The fraction of sp³-hybridized carbons (Fsp3) is 0.333. The maximum Gasteiger partial charge on any atom is 0.261 e. The van der Waals surface area contributed by atoms with Crippen molar-refractivity contribution in [2.24, 2.45) is 5.92 Å². The monoisotopic (exact) mass is 506 g/mol. The van der Waals surface area contributed by atoms with Gasteiger partial charge in [-0.2, -0.15) is 0 Å². The molecule has 0 radical (unpaired) electrons. The van der Waals surface area contributed by atoms with Crippen LogP contribution in [-0.4, -0.2) is 35.9 Å². The first kappa shape index (κ1) is 27.3. The number of aryl methyl sites for hydroxylation is 1. The molecule has 1 atom stereocenters. The van der Waals surface area contributed by atoms with Gasteiger partial charge in [0, 0.05) is 24.5 Å². The molecule has 0 bridgehead atoms. The molecule has 6 heteroatoms. The number of halogens is 1. The van der Waals surface area contributed by atoms with Crippen LogP contribution in [0.1, 0.15) is 37.5 Å². The average Bonchev–Trinajstić information content (AvgIpc) is 2.89. The molecule has 0 aromatic heterocycles. The summed E-state index contributed by atoms with van der Waals surface area (Å²) < 4.78 is 5.84. The third-order valence-electron chi connectivity index (χ3n) is 5.95. The summed E-state index contributed by atoms with van der Waals surface area (Å²) in [7, 11) is 0. The first-order chi connectivity index (χ1) is 17.4. The van der Waals surface area contributed by atoms with Gasteiger partial charge in [-0.3, -0.25) is 9.59 Å². The fourth-order valence-corrected chi connectivity index (χ4v) is 4.03. The van der Waals surface area contributed by atoms with Crippen LogP contribution in [0.25, 0.3) is 0 Å². The molecule has 0 heterocycles. The maximum absolute atomic E-state index is 13.6. The Hall–Kier alpha value is -3.31. The highest BCUT2D eigenvalue weighted by Crippen LogP contribution is 2.21. The first-order valence-corrected chi connectivity index (χ1v) is 12.8. The second kappa shape index (κ2) is 13.7. The highest BCUT2D eigenvalue weighted by atomic mass is 35.5. The van der Waals surface area contributed by atoms with Crippen molar-refractivity contribution in [1.82, 2.24) is 10.2 Å². The molecule has 3 rings (SSSR count). The van der Waals surface area contributed by atoms with E-state index in [0.29, 0.717) is 23.7 Å². The Balaban J connectivity index is 1.89. The van der Waals surface area contributed by atoms with E-state index in [2.05, 4.69) is 12.2 Å². The quantitative estimate of drug-likeness (QED) is 0.343. The summed E-state index contributed by atoms with van der Waals surface area (Å²) in [5.74, 6) is 0.422. The minimum absolute atomic E-state index is 0.182. The summed E-state index contributed by atoms with van der Waals surface area (Å²) in [6.07, 6.45) is 1.31. The van der Waals surface area contributed by atoms with Crippen molar-refractivity contribution >= 4 is 23.4 Å². The van der Waals surface area contributed by atoms with Crippen LogP contribution in [0.5, 0.6) is 5.75 Å². The van der Waals surface area contributed by atoms with Crippen molar-refractivity contribution in [1.29, 1.82) is 0 Å². The summed E-state index contributed by atoms with van der Waals surface area (Å²) in [6, 6.07) is 24.1. The average molecular weight is 507 g/mol. The minimum Gasteiger partial charge on any atom is -0.484 e. The van der Waals surface area contributed by atoms with E-state index in [1.807, 2.05) is 86.6 Å². The van der Waals surface area contributed by atoms with Crippen molar-refractivity contribution in [2.75, 3.05) is 13.2 Å². The molecule has 0 saturated heterocycles. The zero-order chi connectivity index (χ0) is 25.9. The number of amides is 2. The number of carbonyl (C=O) groups excluding carboxylic acids is 2.